The van der Waals surface area contributed by atoms with Gasteiger partial charge in [0.25, 0.3) is 0 Å². The summed E-state index contributed by atoms with van der Waals surface area (Å²) in [6.07, 6.45) is 1.90. The van der Waals surface area contributed by atoms with Gasteiger partial charge in [-0.3, -0.25) is 0 Å². The Morgan fingerprint density at radius 2 is 2.16 bits per heavy atom. The Morgan fingerprint density at radius 3 is 2.79 bits per heavy atom. The second-order valence-electron chi connectivity index (χ2n) is 5.09. The van der Waals surface area contributed by atoms with Gasteiger partial charge in [0, 0.05) is 22.3 Å². The maximum absolute atomic E-state index is 5.82. The van der Waals surface area contributed by atoms with E-state index >= 15 is 0 Å². The highest BCUT2D eigenvalue weighted by molar-refractivity contribution is 9.10. The fourth-order valence-corrected chi connectivity index (χ4v) is 3.50. The number of hydrogen-bond donors (Lipinski definition) is 1. The fourth-order valence-electron chi connectivity index (χ4n) is 2.04. The van der Waals surface area contributed by atoms with E-state index in [9.17, 15) is 0 Å². The number of thiazole rings is 1. The Balaban J connectivity index is 2.19. The number of hydrogen-bond acceptors (Lipinski definition) is 3. The van der Waals surface area contributed by atoms with Gasteiger partial charge in [-0.15, -0.1) is 11.3 Å². The molecule has 2 N–H and O–H groups in total. The van der Waals surface area contributed by atoms with E-state index in [4.69, 9.17) is 10.7 Å². The summed E-state index contributed by atoms with van der Waals surface area (Å²) in [6, 6.07) is 8.38. The smallest absolute Gasteiger partial charge is 0.0975 e. The quantitative estimate of drug-likeness (QED) is 0.889. The number of aromatic nitrogens is 1. The molecule has 0 aliphatic heterocycles. The van der Waals surface area contributed by atoms with E-state index in [0.717, 1.165) is 22.3 Å². The molecule has 1 heterocycles. The van der Waals surface area contributed by atoms with Crippen LogP contribution >= 0.6 is 27.3 Å². The van der Waals surface area contributed by atoms with Gasteiger partial charge < -0.3 is 5.73 Å². The van der Waals surface area contributed by atoms with E-state index in [1.807, 2.05) is 6.07 Å². The van der Waals surface area contributed by atoms with E-state index in [-0.39, 0.29) is 0 Å². The van der Waals surface area contributed by atoms with Crippen molar-refractivity contribution in [2.45, 2.75) is 33.2 Å². The molecular formula is C15H19BrN2S. The van der Waals surface area contributed by atoms with Crippen LogP contribution in [0.4, 0.5) is 0 Å². The van der Waals surface area contributed by atoms with Crippen LogP contribution < -0.4 is 5.73 Å². The van der Waals surface area contributed by atoms with Crippen molar-refractivity contribution in [3.63, 3.8) is 0 Å². The van der Waals surface area contributed by atoms with Crippen LogP contribution in [0.3, 0.4) is 0 Å². The summed E-state index contributed by atoms with van der Waals surface area (Å²) in [6.45, 7) is 5.03. The molecule has 0 spiro atoms. The lowest BCUT2D eigenvalue weighted by molar-refractivity contribution is 0.632. The first-order chi connectivity index (χ1) is 9.08. The molecule has 102 valence electrons. The third kappa shape index (κ3) is 4.13. The van der Waals surface area contributed by atoms with Crippen LogP contribution in [0.1, 0.15) is 35.0 Å². The molecule has 19 heavy (non-hydrogen) atoms. The largest absolute Gasteiger partial charge is 0.326 e. The first-order valence-corrected chi connectivity index (χ1v) is 8.11. The highest BCUT2D eigenvalue weighted by atomic mass is 79.9. The summed E-state index contributed by atoms with van der Waals surface area (Å²) in [7, 11) is 0. The minimum Gasteiger partial charge on any atom is -0.326 e. The molecule has 0 radical (unpaired) electrons. The maximum Gasteiger partial charge on any atom is 0.0975 e. The second-order valence-corrected chi connectivity index (χ2v) is 7.17. The van der Waals surface area contributed by atoms with E-state index in [0.29, 0.717) is 12.5 Å². The third-order valence-corrected chi connectivity index (χ3v) is 4.47. The molecule has 0 atom stereocenters. The van der Waals surface area contributed by atoms with Crippen LogP contribution in [-0.4, -0.2) is 4.98 Å². The SMILES string of the molecule is CC(C)Cc1nc(Cc2cccc(Br)c2)sc1CN. The van der Waals surface area contributed by atoms with E-state index in [1.165, 1.54) is 16.1 Å². The van der Waals surface area contributed by atoms with Crippen molar-refractivity contribution in [3.8, 4) is 0 Å². The predicted molar refractivity (Wildman–Crippen MR) is 85.5 cm³/mol. The number of benzene rings is 1. The number of halogens is 1. The fraction of sp³-hybridized carbons (Fsp3) is 0.400. The van der Waals surface area contributed by atoms with E-state index in [1.54, 1.807) is 11.3 Å². The third-order valence-electron chi connectivity index (χ3n) is 2.85. The summed E-state index contributed by atoms with van der Waals surface area (Å²) in [5.41, 5.74) is 8.29. The zero-order valence-electron chi connectivity index (χ0n) is 11.3. The van der Waals surface area contributed by atoms with Crippen LogP contribution in [0.2, 0.25) is 0 Å². The molecule has 4 heteroatoms. The number of nitrogens with two attached hydrogens (primary N) is 1. The van der Waals surface area contributed by atoms with Gasteiger partial charge in [0.1, 0.15) is 0 Å². The van der Waals surface area contributed by atoms with Gasteiger partial charge in [0.05, 0.1) is 10.7 Å². The summed E-state index contributed by atoms with van der Waals surface area (Å²) in [5, 5.41) is 1.16. The molecule has 2 rings (SSSR count). The second kappa shape index (κ2) is 6.64. The van der Waals surface area contributed by atoms with Crippen LogP contribution in [0.25, 0.3) is 0 Å². The standard InChI is InChI=1S/C15H19BrN2S/c1-10(2)6-13-14(9-17)19-15(18-13)8-11-4-3-5-12(16)7-11/h3-5,7,10H,6,8-9,17H2,1-2H3. The molecule has 0 fully saturated rings. The van der Waals surface area contributed by atoms with Crippen molar-refractivity contribution in [1.82, 2.24) is 4.98 Å². The molecule has 0 amide bonds. The Morgan fingerprint density at radius 1 is 1.37 bits per heavy atom. The Kier molecular flexibility index (Phi) is 5.13. The molecular weight excluding hydrogens is 320 g/mol. The normalized spacial score (nSPS) is 11.2. The van der Waals surface area contributed by atoms with Crippen LogP contribution in [0, 0.1) is 5.92 Å². The van der Waals surface area contributed by atoms with E-state index in [2.05, 4.69) is 48.0 Å². The number of rotatable bonds is 5. The molecule has 0 aliphatic carbocycles. The molecule has 1 aromatic carbocycles. The van der Waals surface area contributed by atoms with Crippen molar-refractivity contribution < 1.29 is 0 Å². The van der Waals surface area contributed by atoms with E-state index < -0.39 is 0 Å². The molecule has 0 bridgehead atoms. The van der Waals surface area contributed by atoms with Crippen molar-refractivity contribution >= 4 is 27.3 Å². The topological polar surface area (TPSA) is 38.9 Å². The lowest BCUT2D eigenvalue weighted by Crippen LogP contribution is -2.02. The minimum atomic E-state index is 0.595. The molecule has 0 saturated carbocycles. The average molecular weight is 339 g/mol. The lowest BCUT2D eigenvalue weighted by atomic mass is 10.1. The number of nitrogens with zero attached hydrogens (tertiary/aromatic N) is 1. The lowest BCUT2D eigenvalue weighted by Gasteiger charge is -2.02. The van der Waals surface area contributed by atoms with Gasteiger partial charge >= 0.3 is 0 Å². The highest BCUT2D eigenvalue weighted by Gasteiger charge is 2.11. The predicted octanol–water partition coefficient (Wildman–Crippen LogP) is 4.15. The Hall–Kier alpha value is -0.710. The molecule has 0 saturated heterocycles. The van der Waals surface area contributed by atoms with Crippen LogP contribution in [-0.2, 0) is 19.4 Å². The van der Waals surface area contributed by atoms with Gasteiger partial charge in [0.2, 0.25) is 0 Å². The summed E-state index contributed by atoms with van der Waals surface area (Å²) < 4.78 is 1.11. The zero-order valence-corrected chi connectivity index (χ0v) is 13.7. The maximum atomic E-state index is 5.82. The van der Waals surface area contributed by atoms with Gasteiger partial charge in [-0.25, -0.2) is 4.98 Å². The van der Waals surface area contributed by atoms with Gasteiger partial charge in [-0.05, 0) is 30.0 Å². The van der Waals surface area contributed by atoms with Crippen molar-refractivity contribution in [3.05, 3.63) is 49.9 Å². The average Bonchev–Trinajstić information content (AvgIpc) is 2.70. The summed E-state index contributed by atoms with van der Waals surface area (Å²) in [5.74, 6) is 0.617. The highest BCUT2D eigenvalue weighted by Crippen LogP contribution is 2.24. The van der Waals surface area contributed by atoms with Crippen LogP contribution in [0.15, 0.2) is 28.7 Å². The van der Waals surface area contributed by atoms with Gasteiger partial charge in [0.15, 0.2) is 0 Å². The summed E-state index contributed by atoms with van der Waals surface area (Å²) >= 11 is 5.26. The molecule has 2 nitrogen and oxygen atoms in total. The summed E-state index contributed by atoms with van der Waals surface area (Å²) in [4.78, 5) is 6.00. The van der Waals surface area contributed by atoms with Crippen LogP contribution in [0.5, 0.6) is 0 Å². The van der Waals surface area contributed by atoms with Crippen molar-refractivity contribution in [2.24, 2.45) is 11.7 Å². The molecule has 2 aromatic rings. The first kappa shape index (κ1) is 14.7. The monoisotopic (exact) mass is 338 g/mol. The Labute approximate surface area is 127 Å². The first-order valence-electron chi connectivity index (χ1n) is 6.50. The molecule has 0 aliphatic rings. The Bertz CT molecular complexity index is 549. The molecule has 0 unspecified atom stereocenters. The zero-order chi connectivity index (χ0) is 13.8. The minimum absolute atomic E-state index is 0.595. The van der Waals surface area contributed by atoms with Crippen molar-refractivity contribution in [1.29, 1.82) is 0 Å². The molecule has 1 aromatic heterocycles. The van der Waals surface area contributed by atoms with Gasteiger partial charge in [-0.1, -0.05) is 41.9 Å². The van der Waals surface area contributed by atoms with Crippen molar-refractivity contribution in [2.75, 3.05) is 0 Å². The van der Waals surface area contributed by atoms with Gasteiger partial charge in [-0.2, -0.15) is 0 Å².